The molecule has 0 bridgehead atoms. The van der Waals surface area contributed by atoms with Gasteiger partial charge >= 0.3 is 0 Å². The molecule has 2 heterocycles. The molecule has 28 heavy (non-hydrogen) atoms. The Labute approximate surface area is 168 Å². The lowest BCUT2D eigenvalue weighted by molar-refractivity contribution is -0.128. The van der Waals surface area contributed by atoms with E-state index < -0.39 is 6.17 Å². The zero-order valence-corrected chi connectivity index (χ0v) is 17.1. The smallest absolute Gasteiger partial charge is 0.223 e. The van der Waals surface area contributed by atoms with Crippen LogP contribution in [0, 0.1) is 28.6 Å². The van der Waals surface area contributed by atoms with E-state index in [1.807, 2.05) is 11.0 Å². The molecule has 1 saturated heterocycles. The Hall–Kier alpha value is -1.16. The summed E-state index contributed by atoms with van der Waals surface area (Å²) in [7, 11) is 0. The molecule has 4 aliphatic carbocycles. The van der Waals surface area contributed by atoms with E-state index in [9.17, 15) is 9.18 Å². The summed E-state index contributed by atoms with van der Waals surface area (Å²) in [5.74, 6) is 3.13. The fourth-order valence-electron chi connectivity index (χ4n) is 8.22. The van der Waals surface area contributed by atoms with Crippen LogP contribution in [0.25, 0.3) is 0 Å². The summed E-state index contributed by atoms with van der Waals surface area (Å²) in [6.45, 7) is 5.93. The molecular weight excluding hydrogens is 351 g/mol. The van der Waals surface area contributed by atoms with Crippen molar-refractivity contribution >= 4 is 5.91 Å². The number of hydrogen-bond acceptors (Lipinski definition) is 2. The number of halogens is 1. The molecule has 1 amide bonds. The molecule has 5 unspecified atom stereocenters. The number of carbonyl (C=O) groups is 1. The number of likely N-dealkylation sites (tertiary alicyclic amines) is 1. The van der Waals surface area contributed by atoms with Crippen molar-refractivity contribution in [3.05, 3.63) is 23.4 Å². The summed E-state index contributed by atoms with van der Waals surface area (Å²) in [5, 5.41) is 0. The van der Waals surface area contributed by atoms with Crippen molar-refractivity contribution in [1.29, 1.82) is 0 Å². The van der Waals surface area contributed by atoms with Crippen molar-refractivity contribution in [2.24, 2.45) is 28.6 Å². The Morgan fingerprint density at radius 2 is 2.04 bits per heavy atom. The van der Waals surface area contributed by atoms with Crippen molar-refractivity contribution in [3.8, 4) is 0 Å². The van der Waals surface area contributed by atoms with E-state index in [1.54, 1.807) is 13.0 Å². The first-order valence-corrected chi connectivity index (χ1v) is 11.6. The van der Waals surface area contributed by atoms with E-state index in [2.05, 4.69) is 4.90 Å². The quantitative estimate of drug-likeness (QED) is 0.708. The second-order valence-electron chi connectivity index (χ2n) is 10.7. The maximum Gasteiger partial charge on any atom is 0.223 e. The summed E-state index contributed by atoms with van der Waals surface area (Å²) >= 11 is 0. The van der Waals surface area contributed by atoms with Gasteiger partial charge in [0.15, 0.2) is 0 Å². The summed E-state index contributed by atoms with van der Waals surface area (Å²) in [5.41, 5.74) is 3.06. The second-order valence-corrected chi connectivity index (χ2v) is 10.7. The van der Waals surface area contributed by atoms with Crippen LogP contribution in [0.3, 0.4) is 0 Å². The third-order valence-electron chi connectivity index (χ3n) is 9.80. The Kier molecular flexibility index (Phi) is 3.75. The molecule has 152 valence electrons. The van der Waals surface area contributed by atoms with Gasteiger partial charge in [-0.15, -0.1) is 0 Å². The van der Waals surface area contributed by atoms with Gasteiger partial charge in [-0.25, -0.2) is 4.39 Å². The number of fused-ring (bicyclic) bond motifs is 1. The van der Waals surface area contributed by atoms with Crippen LogP contribution in [-0.2, 0) is 4.79 Å². The van der Waals surface area contributed by atoms with Crippen molar-refractivity contribution < 1.29 is 9.18 Å². The monoisotopic (exact) mass is 384 g/mol. The van der Waals surface area contributed by atoms with Gasteiger partial charge in [0.25, 0.3) is 0 Å². The maximum absolute atomic E-state index is 14.2. The highest BCUT2D eigenvalue weighted by Crippen LogP contribution is 2.72. The van der Waals surface area contributed by atoms with Crippen molar-refractivity contribution in [2.45, 2.75) is 64.5 Å². The number of carbonyl (C=O) groups excluding carboxylic acids is 1. The Morgan fingerprint density at radius 3 is 2.75 bits per heavy atom. The molecule has 4 heteroatoms. The predicted molar refractivity (Wildman–Crippen MR) is 107 cm³/mol. The van der Waals surface area contributed by atoms with Crippen LogP contribution in [0.4, 0.5) is 4.39 Å². The zero-order valence-electron chi connectivity index (χ0n) is 17.1. The number of amides is 1. The van der Waals surface area contributed by atoms with Crippen molar-refractivity contribution in [1.82, 2.24) is 9.80 Å². The average Bonchev–Trinajstić information content (AvgIpc) is 3.05. The number of hydrogen-bond donors (Lipinski definition) is 0. The lowest BCUT2D eigenvalue weighted by Gasteiger charge is -2.61. The first-order valence-electron chi connectivity index (χ1n) is 11.6. The van der Waals surface area contributed by atoms with Gasteiger partial charge < -0.3 is 9.80 Å². The van der Waals surface area contributed by atoms with Gasteiger partial charge in [0.2, 0.25) is 5.91 Å². The highest BCUT2D eigenvalue weighted by atomic mass is 19.1. The molecule has 6 rings (SSSR count). The molecule has 0 aromatic carbocycles. The van der Waals surface area contributed by atoms with Crippen LogP contribution in [0.1, 0.15) is 58.3 Å². The minimum atomic E-state index is -0.885. The van der Waals surface area contributed by atoms with E-state index in [0.717, 1.165) is 61.3 Å². The minimum Gasteiger partial charge on any atom is -0.312 e. The lowest BCUT2D eigenvalue weighted by Crippen LogP contribution is -2.57. The molecule has 6 aliphatic rings. The summed E-state index contributed by atoms with van der Waals surface area (Å²) in [6, 6.07) is 0. The summed E-state index contributed by atoms with van der Waals surface area (Å²) < 4.78 is 14.2. The van der Waals surface area contributed by atoms with Gasteiger partial charge in [-0.05, 0) is 98.9 Å². The van der Waals surface area contributed by atoms with Gasteiger partial charge in [0.05, 0.1) is 0 Å². The van der Waals surface area contributed by atoms with Gasteiger partial charge in [-0.2, -0.15) is 0 Å². The van der Waals surface area contributed by atoms with E-state index in [4.69, 9.17) is 0 Å². The van der Waals surface area contributed by atoms with Crippen LogP contribution in [0.2, 0.25) is 0 Å². The molecule has 0 aromatic rings. The molecule has 3 saturated carbocycles. The Bertz CT molecular complexity index is 765. The van der Waals surface area contributed by atoms with Crippen molar-refractivity contribution in [2.75, 3.05) is 26.2 Å². The number of nitrogens with zero attached hydrogens (tertiary/aromatic N) is 2. The Morgan fingerprint density at radius 1 is 1.21 bits per heavy atom. The van der Waals surface area contributed by atoms with Crippen LogP contribution < -0.4 is 0 Å². The van der Waals surface area contributed by atoms with Crippen LogP contribution in [0.5, 0.6) is 0 Å². The normalized spacial score (nSPS) is 43.4. The number of alkyl halides is 1. The molecular formula is C24H33FN2O. The van der Waals surface area contributed by atoms with Crippen LogP contribution in [-0.4, -0.2) is 48.1 Å². The molecule has 2 spiro atoms. The molecule has 5 atom stereocenters. The molecule has 3 nitrogen and oxygen atoms in total. The SMILES string of the molecule is CC(=O)N1CC2(CCN(CC3CC45CCC4CCC35)CC2)C2=C1C=CC(F)C2. The van der Waals surface area contributed by atoms with Crippen LogP contribution >= 0.6 is 0 Å². The standard InChI is InChI=1S/C24H33FN2O/c1-16(28)27-15-23(21-12-19(25)3-5-22(21)27)8-10-26(11-9-23)14-17-13-24-7-6-18(24)2-4-20(17)24/h3,5,17-20H,2,4,6-15H2,1H3. The van der Waals surface area contributed by atoms with E-state index in [-0.39, 0.29) is 11.3 Å². The molecule has 0 radical (unpaired) electrons. The topological polar surface area (TPSA) is 23.6 Å². The number of piperidine rings is 1. The summed E-state index contributed by atoms with van der Waals surface area (Å²) in [6.07, 6.45) is 12.8. The van der Waals surface area contributed by atoms with Gasteiger partial charge in [-0.3, -0.25) is 4.79 Å². The Balaban J connectivity index is 1.13. The van der Waals surface area contributed by atoms with Gasteiger partial charge in [0, 0.05) is 37.5 Å². The molecule has 0 aromatic heterocycles. The van der Waals surface area contributed by atoms with Crippen LogP contribution in [0.15, 0.2) is 23.4 Å². The fraction of sp³-hybridized carbons (Fsp3) is 0.792. The van der Waals surface area contributed by atoms with E-state index >= 15 is 0 Å². The number of rotatable bonds is 2. The largest absolute Gasteiger partial charge is 0.312 e. The highest BCUT2D eigenvalue weighted by molar-refractivity contribution is 5.77. The average molecular weight is 385 g/mol. The first-order chi connectivity index (χ1) is 13.5. The van der Waals surface area contributed by atoms with E-state index in [0.29, 0.717) is 6.42 Å². The van der Waals surface area contributed by atoms with Crippen molar-refractivity contribution in [3.63, 3.8) is 0 Å². The second kappa shape index (κ2) is 5.93. The predicted octanol–water partition coefficient (Wildman–Crippen LogP) is 4.31. The van der Waals surface area contributed by atoms with Gasteiger partial charge in [0.1, 0.15) is 6.17 Å². The third-order valence-corrected chi connectivity index (χ3v) is 9.80. The van der Waals surface area contributed by atoms with E-state index in [1.165, 1.54) is 44.2 Å². The maximum atomic E-state index is 14.2. The van der Waals surface area contributed by atoms with Gasteiger partial charge in [-0.1, -0.05) is 0 Å². The highest BCUT2D eigenvalue weighted by Gasteiger charge is 2.64. The summed E-state index contributed by atoms with van der Waals surface area (Å²) in [4.78, 5) is 16.8. The molecule has 4 fully saturated rings. The molecule has 2 aliphatic heterocycles. The lowest BCUT2D eigenvalue weighted by atomic mass is 9.44. The fourth-order valence-corrected chi connectivity index (χ4v) is 8.22. The minimum absolute atomic E-state index is 0.0276. The molecule has 0 N–H and O–H groups in total. The zero-order chi connectivity index (χ0) is 19.1. The first kappa shape index (κ1) is 17.7. The third kappa shape index (κ3) is 2.27. The number of allylic oxidation sites excluding steroid dienone is 2.